The lowest BCUT2D eigenvalue weighted by Gasteiger charge is -2.06. The van der Waals surface area contributed by atoms with E-state index in [2.05, 4.69) is 4.72 Å². The van der Waals surface area contributed by atoms with E-state index in [0.717, 1.165) is 0 Å². The molecule has 0 atom stereocenters. The molecular weight excluding hydrogens is 286 g/mol. The first kappa shape index (κ1) is 17.1. The molecule has 0 fully saturated rings. The molecule has 0 saturated heterocycles. The molecular formula is C12H21NO6S. The van der Waals surface area contributed by atoms with Crippen LogP contribution in [0.15, 0.2) is 15.4 Å². The van der Waals surface area contributed by atoms with E-state index in [1.165, 1.54) is 6.07 Å². The van der Waals surface area contributed by atoms with E-state index < -0.39 is 10.0 Å². The van der Waals surface area contributed by atoms with Crippen molar-refractivity contribution in [3.05, 3.63) is 17.6 Å². The summed E-state index contributed by atoms with van der Waals surface area (Å²) in [7, 11) is -2.02. The maximum absolute atomic E-state index is 12.0. The standard InChI is InChI=1S/C12H21NO6S/c1-10-12(8-11(9-14)19-10)20(15,16)13-4-3-5-18-7-6-17-2/h8,13-14H,3-7,9H2,1-2H3. The molecule has 1 aromatic heterocycles. The van der Waals surface area contributed by atoms with Crippen molar-refractivity contribution >= 4 is 10.0 Å². The summed E-state index contributed by atoms with van der Waals surface area (Å²) in [4.78, 5) is 0.0573. The molecule has 0 bridgehead atoms. The van der Waals surface area contributed by atoms with Crippen LogP contribution < -0.4 is 4.72 Å². The van der Waals surface area contributed by atoms with Crippen molar-refractivity contribution in [2.45, 2.75) is 24.8 Å². The summed E-state index contributed by atoms with van der Waals surface area (Å²) in [5.74, 6) is 0.490. The Labute approximate surface area is 118 Å². The quantitative estimate of drug-likeness (QED) is 0.608. The number of aliphatic hydroxyl groups excluding tert-OH is 1. The van der Waals surface area contributed by atoms with Gasteiger partial charge in [-0.3, -0.25) is 0 Å². The number of aliphatic hydroxyl groups is 1. The molecule has 1 heterocycles. The number of nitrogens with one attached hydrogen (secondary N) is 1. The van der Waals surface area contributed by atoms with Crippen LogP contribution in [-0.4, -0.2) is 47.0 Å². The van der Waals surface area contributed by atoms with Gasteiger partial charge in [-0.25, -0.2) is 13.1 Å². The largest absolute Gasteiger partial charge is 0.462 e. The van der Waals surface area contributed by atoms with Gasteiger partial charge in [-0.05, 0) is 13.3 Å². The summed E-state index contributed by atoms with van der Waals surface area (Å²) in [6, 6.07) is 1.33. The molecule has 1 aromatic rings. The fraction of sp³-hybridized carbons (Fsp3) is 0.667. The molecule has 0 saturated carbocycles. The molecule has 116 valence electrons. The van der Waals surface area contributed by atoms with Crippen molar-refractivity contribution in [2.75, 3.05) is 33.5 Å². The first-order chi connectivity index (χ1) is 9.51. The number of hydrogen-bond acceptors (Lipinski definition) is 6. The Morgan fingerprint density at radius 3 is 2.70 bits per heavy atom. The summed E-state index contributed by atoms with van der Waals surface area (Å²) >= 11 is 0. The molecule has 0 amide bonds. The van der Waals surface area contributed by atoms with Gasteiger partial charge in [0.2, 0.25) is 10.0 Å². The average molecular weight is 307 g/mol. The van der Waals surface area contributed by atoms with E-state index in [1.54, 1.807) is 14.0 Å². The number of hydrogen-bond donors (Lipinski definition) is 2. The monoisotopic (exact) mass is 307 g/mol. The molecule has 0 aromatic carbocycles. The van der Waals surface area contributed by atoms with Gasteiger partial charge in [0.1, 0.15) is 23.0 Å². The van der Waals surface area contributed by atoms with Gasteiger partial charge in [0.05, 0.1) is 13.2 Å². The van der Waals surface area contributed by atoms with Crippen molar-refractivity contribution in [3.8, 4) is 0 Å². The zero-order valence-corrected chi connectivity index (χ0v) is 12.5. The maximum Gasteiger partial charge on any atom is 0.244 e. The number of methoxy groups -OCH3 is 1. The first-order valence-electron chi connectivity index (χ1n) is 6.27. The normalized spacial score (nSPS) is 11.9. The van der Waals surface area contributed by atoms with Crippen LogP contribution in [-0.2, 0) is 26.1 Å². The fourth-order valence-electron chi connectivity index (χ4n) is 1.57. The Balaban J connectivity index is 2.40. The van der Waals surface area contributed by atoms with Crippen molar-refractivity contribution < 1.29 is 27.4 Å². The minimum atomic E-state index is -3.61. The third-order valence-corrected chi connectivity index (χ3v) is 4.13. The van der Waals surface area contributed by atoms with Crippen LogP contribution >= 0.6 is 0 Å². The molecule has 0 aliphatic carbocycles. The molecule has 0 unspecified atom stereocenters. The van der Waals surface area contributed by atoms with Crippen molar-refractivity contribution in [1.29, 1.82) is 0 Å². The predicted octanol–water partition coefficient (Wildman–Crippen LogP) is 0.412. The molecule has 2 N–H and O–H groups in total. The zero-order valence-electron chi connectivity index (χ0n) is 11.7. The fourth-order valence-corrected chi connectivity index (χ4v) is 2.85. The van der Waals surface area contributed by atoms with Gasteiger partial charge in [0, 0.05) is 26.3 Å². The lowest BCUT2D eigenvalue weighted by Crippen LogP contribution is -2.25. The van der Waals surface area contributed by atoms with Crippen LogP contribution in [0.5, 0.6) is 0 Å². The van der Waals surface area contributed by atoms with Gasteiger partial charge in [-0.15, -0.1) is 0 Å². The van der Waals surface area contributed by atoms with Crippen LogP contribution in [0.4, 0.5) is 0 Å². The van der Waals surface area contributed by atoms with Crippen molar-refractivity contribution in [2.24, 2.45) is 0 Å². The number of ether oxygens (including phenoxy) is 2. The Hall–Kier alpha value is -0.930. The van der Waals surface area contributed by atoms with E-state index in [1.807, 2.05) is 0 Å². The topological polar surface area (TPSA) is 98.0 Å². The second-order valence-corrected chi connectivity index (χ2v) is 5.88. The lowest BCUT2D eigenvalue weighted by molar-refractivity contribution is 0.0699. The van der Waals surface area contributed by atoms with Gasteiger partial charge in [0.25, 0.3) is 0 Å². The van der Waals surface area contributed by atoms with E-state index in [-0.39, 0.29) is 29.6 Å². The SMILES string of the molecule is COCCOCCCNS(=O)(=O)c1cc(CO)oc1C. The number of sulfonamides is 1. The van der Waals surface area contributed by atoms with E-state index in [4.69, 9.17) is 19.0 Å². The van der Waals surface area contributed by atoms with Gasteiger partial charge in [-0.2, -0.15) is 0 Å². The third-order valence-electron chi connectivity index (χ3n) is 2.56. The summed E-state index contributed by atoms with van der Waals surface area (Å²) < 4.78 is 41.6. The summed E-state index contributed by atoms with van der Waals surface area (Å²) in [6.45, 7) is 2.95. The second kappa shape index (κ2) is 8.38. The molecule has 20 heavy (non-hydrogen) atoms. The van der Waals surface area contributed by atoms with Gasteiger partial charge in [0.15, 0.2) is 0 Å². The van der Waals surface area contributed by atoms with Crippen LogP contribution in [0.2, 0.25) is 0 Å². The highest BCUT2D eigenvalue weighted by molar-refractivity contribution is 7.89. The highest BCUT2D eigenvalue weighted by Crippen LogP contribution is 2.19. The van der Waals surface area contributed by atoms with Crippen molar-refractivity contribution in [1.82, 2.24) is 4.72 Å². The third kappa shape index (κ3) is 5.22. The van der Waals surface area contributed by atoms with E-state index in [9.17, 15) is 8.42 Å². The van der Waals surface area contributed by atoms with E-state index in [0.29, 0.717) is 26.2 Å². The number of furan rings is 1. The van der Waals surface area contributed by atoms with Gasteiger partial charge >= 0.3 is 0 Å². The van der Waals surface area contributed by atoms with E-state index >= 15 is 0 Å². The summed E-state index contributed by atoms with van der Waals surface area (Å²) in [5.41, 5.74) is 0. The van der Waals surface area contributed by atoms with Crippen molar-refractivity contribution in [3.63, 3.8) is 0 Å². The molecule has 1 rings (SSSR count). The zero-order chi connectivity index (χ0) is 15.0. The lowest BCUT2D eigenvalue weighted by atomic mass is 10.4. The first-order valence-corrected chi connectivity index (χ1v) is 7.76. The highest BCUT2D eigenvalue weighted by Gasteiger charge is 2.20. The summed E-state index contributed by atoms with van der Waals surface area (Å²) in [5, 5.41) is 8.92. The maximum atomic E-state index is 12.0. The smallest absolute Gasteiger partial charge is 0.244 e. The Bertz CT molecular complexity index is 496. The van der Waals surface area contributed by atoms with Gasteiger partial charge < -0.3 is 19.0 Å². The molecule has 0 aliphatic heterocycles. The molecule has 0 aliphatic rings. The van der Waals surface area contributed by atoms with Crippen LogP contribution in [0.1, 0.15) is 17.9 Å². The molecule has 8 heteroatoms. The number of rotatable bonds is 10. The molecule has 7 nitrogen and oxygen atoms in total. The Kier molecular flexibility index (Phi) is 7.17. The molecule has 0 spiro atoms. The number of aryl methyl sites for hydroxylation is 1. The Morgan fingerprint density at radius 1 is 1.35 bits per heavy atom. The predicted molar refractivity (Wildman–Crippen MR) is 71.9 cm³/mol. The van der Waals surface area contributed by atoms with Crippen LogP contribution in [0.3, 0.4) is 0 Å². The highest BCUT2D eigenvalue weighted by atomic mass is 32.2. The minimum absolute atomic E-state index is 0.0573. The molecule has 0 radical (unpaired) electrons. The van der Waals surface area contributed by atoms with Gasteiger partial charge in [-0.1, -0.05) is 0 Å². The second-order valence-electron chi connectivity index (χ2n) is 4.15. The minimum Gasteiger partial charge on any atom is -0.462 e. The van der Waals surface area contributed by atoms with Crippen LogP contribution in [0.25, 0.3) is 0 Å². The Morgan fingerprint density at radius 2 is 2.10 bits per heavy atom. The average Bonchev–Trinajstić information content (AvgIpc) is 2.80. The summed E-state index contributed by atoms with van der Waals surface area (Å²) in [6.07, 6.45) is 0.562. The van der Waals surface area contributed by atoms with Crippen LogP contribution in [0, 0.1) is 6.92 Å².